The van der Waals surface area contributed by atoms with E-state index in [0.717, 1.165) is 49.4 Å². The van der Waals surface area contributed by atoms with Gasteiger partial charge in [-0.2, -0.15) is 4.83 Å². The average molecular weight is 417 g/mol. The summed E-state index contributed by atoms with van der Waals surface area (Å²) in [7, 11) is 1.65. The van der Waals surface area contributed by atoms with Gasteiger partial charge in [-0.05, 0) is 30.9 Å². The Hall–Kier alpha value is -2.56. The number of aliphatic carboxylic acids is 1. The van der Waals surface area contributed by atoms with E-state index in [2.05, 4.69) is 20.7 Å². The molecule has 1 aliphatic carbocycles. The van der Waals surface area contributed by atoms with E-state index < -0.39 is 5.97 Å². The van der Waals surface area contributed by atoms with Crippen LogP contribution >= 0.6 is 23.3 Å². The number of carbonyl (C=O) groups is 1. The molecule has 1 atom stereocenters. The number of hydrogen-bond donors (Lipinski definition) is 4. The van der Waals surface area contributed by atoms with Gasteiger partial charge in [0.1, 0.15) is 40.4 Å². The minimum atomic E-state index is -0.724. The van der Waals surface area contributed by atoms with Crippen molar-refractivity contribution in [1.29, 1.82) is 0 Å². The third kappa shape index (κ3) is 2.84. The lowest BCUT2D eigenvalue weighted by atomic mass is 9.88. The van der Waals surface area contributed by atoms with Crippen molar-refractivity contribution >= 4 is 56.7 Å². The Bertz CT molecular complexity index is 1100. The molecule has 8 nitrogen and oxygen atoms in total. The van der Waals surface area contributed by atoms with Gasteiger partial charge in [0.25, 0.3) is 0 Å². The minimum Gasteiger partial charge on any atom is -0.494 e. The molecular formula is C18H18N5O3S2+. The Kier molecular flexibility index (Phi) is 4.26. The van der Waals surface area contributed by atoms with Gasteiger partial charge in [0.15, 0.2) is 0 Å². The third-order valence-corrected chi connectivity index (χ3v) is 7.14. The summed E-state index contributed by atoms with van der Waals surface area (Å²) in [6, 6.07) is 4.01. The molecule has 0 unspecified atom stereocenters. The zero-order valence-corrected chi connectivity index (χ0v) is 16.6. The topological polar surface area (TPSA) is 113 Å². The first-order valence-corrected chi connectivity index (χ1v) is 10.6. The van der Waals surface area contributed by atoms with Gasteiger partial charge in [-0.3, -0.25) is 4.79 Å². The van der Waals surface area contributed by atoms with Gasteiger partial charge in [-0.15, -0.1) is 11.3 Å². The second-order valence-corrected chi connectivity index (χ2v) is 8.73. The van der Waals surface area contributed by atoms with Crippen LogP contribution in [0.25, 0.3) is 10.2 Å². The van der Waals surface area contributed by atoms with Gasteiger partial charge >= 0.3 is 5.97 Å². The zero-order valence-electron chi connectivity index (χ0n) is 15.0. The number of hydrogen-bond acceptors (Lipinski definition) is 8. The lowest BCUT2D eigenvalue weighted by Crippen LogP contribution is -2.77. The molecule has 1 aromatic carbocycles. The highest BCUT2D eigenvalue weighted by atomic mass is 32.2. The standard InChI is InChI=1S/C18H17N5O3S2/c1-26-12-5-11-14(28-23-22-11)6-10(12)21-16-15-9-3-2-8(18(24)25)4-13(9)27-17(15)20-7-19-16/h5-8,22-23H,2-4H2,1H3,(H,24,25)(H,19,20,21)/p+1/t8-/m0/s1. The number of methoxy groups -OCH3 is 1. The number of nitrogens with two attached hydrogens (primary N) is 1. The summed E-state index contributed by atoms with van der Waals surface area (Å²) in [5, 5.41) is 13.8. The SMILES string of the molecule is COc1cc2c(cc1Nc1ncnc3sc4c(c13)CC[C@H](C(=O)O)C4)S[NH2+]N2. The van der Waals surface area contributed by atoms with Crippen molar-refractivity contribution in [1.82, 2.24) is 9.97 Å². The van der Waals surface area contributed by atoms with Crippen molar-refractivity contribution in [2.75, 3.05) is 17.9 Å². The number of nitrogen functional groups attached to an aromatic ring is 1. The molecule has 5 N–H and O–H groups in total. The van der Waals surface area contributed by atoms with Crippen molar-refractivity contribution < 1.29 is 19.5 Å². The Morgan fingerprint density at radius 2 is 2.32 bits per heavy atom. The van der Waals surface area contributed by atoms with Gasteiger partial charge < -0.3 is 15.2 Å². The Labute approximate surface area is 168 Å². The summed E-state index contributed by atoms with van der Waals surface area (Å²) in [5.74, 6) is 0.416. The lowest BCUT2D eigenvalue weighted by molar-refractivity contribution is -0.438. The maximum absolute atomic E-state index is 11.4. The van der Waals surface area contributed by atoms with Crippen LogP contribution < -0.4 is 20.3 Å². The van der Waals surface area contributed by atoms with Crippen molar-refractivity contribution in [3.8, 4) is 5.75 Å². The van der Waals surface area contributed by atoms with Crippen LogP contribution in [0.5, 0.6) is 5.75 Å². The van der Waals surface area contributed by atoms with Gasteiger partial charge in [0.2, 0.25) is 0 Å². The molecule has 1 aliphatic heterocycles. The largest absolute Gasteiger partial charge is 0.494 e. The van der Waals surface area contributed by atoms with Crippen LogP contribution in [0.1, 0.15) is 16.9 Å². The zero-order chi connectivity index (χ0) is 19.3. The number of thiophene rings is 1. The molecule has 0 spiro atoms. The molecule has 144 valence electrons. The monoisotopic (exact) mass is 416 g/mol. The molecule has 0 amide bonds. The van der Waals surface area contributed by atoms with Crippen LogP contribution in [0.3, 0.4) is 0 Å². The molecule has 0 saturated heterocycles. The first-order chi connectivity index (χ1) is 13.6. The molecule has 5 rings (SSSR count). The number of anilines is 3. The van der Waals surface area contributed by atoms with Gasteiger partial charge in [0.05, 0.1) is 29.0 Å². The Morgan fingerprint density at radius 1 is 1.43 bits per heavy atom. The van der Waals surface area contributed by atoms with E-state index in [-0.39, 0.29) is 5.92 Å². The van der Waals surface area contributed by atoms with Gasteiger partial charge in [-0.1, -0.05) is 0 Å². The molecule has 10 heteroatoms. The fourth-order valence-corrected chi connectivity index (χ4v) is 5.75. The Morgan fingerprint density at radius 3 is 3.14 bits per heavy atom. The van der Waals surface area contributed by atoms with E-state index >= 15 is 0 Å². The maximum Gasteiger partial charge on any atom is 0.306 e. The van der Waals surface area contributed by atoms with E-state index in [1.54, 1.807) is 36.7 Å². The molecule has 3 aromatic rings. The first kappa shape index (κ1) is 17.5. The van der Waals surface area contributed by atoms with Crippen molar-refractivity contribution in [2.45, 2.75) is 24.2 Å². The molecule has 0 radical (unpaired) electrons. The third-order valence-electron chi connectivity index (χ3n) is 5.15. The highest BCUT2D eigenvalue weighted by Gasteiger charge is 2.29. The highest BCUT2D eigenvalue weighted by Crippen LogP contribution is 2.42. The number of carboxylic acids is 1. The molecule has 2 aliphatic rings. The second kappa shape index (κ2) is 6.80. The van der Waals surface area contributed by atoms with Crippen LogP contribution in [-0.4, -0.2) is 28.2 Å². The molecular weight excluding hydrogens is 398 g/mol. The van der Waals surface area contributed by atoms with Crippen LogP contribution in [-0.2, 0) is 17.6 Å². The van der Waals surface area contributed by atoms with Crippen LogP contribution in [0.15, 0.2) is 23.4 Å². The molecule has 3 heterocycles. The predicted octanol–water partition coefficient (Wildman–Crippen LogP) is 2.54. The number of aryl methyl sites for hydroxylation is 1. The molecule has 0 bridgehead atoms. The van der Waals surface area contributed by atoms with Gasteiger partial charge in [0, 0.05) is 10.9 Å². The lowest BCUT2D eigenvalue weighted by Gasteiger charge is -2.19. The summed E-state index contributed by atoms with van der Waals surface area (Å²) in [5.41, 5.74) is 6.23. The number of carboxylic acid groups (broad SMARTS) is 1. The molecule has 2 aromatic heterocycles. The fourth-order valence-electron chi connectivity index (χ4n) is 3.74. The summed E-state index contributed by atoms with van der Waals surface area (Å²) < 4.78 is 5.56. The van der Waals surface area contributed by atoms with Crippen LogP contribution in [0, 0.1) is 5.92 Å². The van der Waals surface area contributed by atoms with Crippen LogP contribution in [0.4, 0.5) is 17.2 Å². The number of nitrogens with zero attached hydrogens (tertiary/aromatic N) is 2. The number of ether oxygens (including phenoxy) is 1. The van der Waals surface area contributed by atoms with Crippen LogP contribution in [0.2, 0.25) is 0 Å². The van der Waals surface area contributed by atoms with Crippen molar-refractivity contribution in [2.24, 2.45) is 5.92 Å². The van der Waals surface area contributed by atoms with E-state index in [1.807, 2.05) is 17.0 Å². The normalized spacial score (nSPS) is 17.7. The number of quaternary nitrogens is 1. The smallest absolute Gasteiger partial charge is 0.306 e. The van der Waals surface area contributed by atoms with E-state index in [9.17, 15) is 9.90 Å². The predicted molar refractivity (Wildman–Crippen MR) is 108 cm³/mol. The minimum absolute atomic E-state index is 0.317. The molecule has 0 fully saturated rings. The van der Waals surface area contributed by atoms with E-state index in [0.29, 0.717) is 12.8 Å². The first-order valence-electron chi connectivity index (χ1n) is 8.86. The van der Waals surface area contributed by atoms with Gasteiger partial charge in [-0.25, -0.2) is 15.4 Å². The van der Waals surface area contributed by atoms with E-state index in [4.69, 9.17) is 4.74 Å². The second-order valence-electron chi connectivity index (χ2n) is 6.74. The summed E-state index contributed by atoms with van der Waals surface area (Å²) in [4.78, 5) is 25.4. The molecule has 28 heavy (non-hydrogen) atoms. The number of nitrogens with one attached hydrogen (secondary N) is 2. The summed E-state index contributed by atoms with van der Waals surface area (Å²) >= 11 is 3.20. The molecule has 0 saturated carbocycles. The maximum atomic E-state index is 11.4. The average Bonchev–Trinajstić information content (AvgIpc) is 3.30. The quantitative estimate of drug-likeness (QED) is 0.379. The summed E-state index contributed by atoms with van der Waals surface area (Å²) in [6.45, 7) is 0. The summed E-state index contributed by atoms with van der Waals surface area (Å²) in [6.07, 6.45) is 3.48. The van der Waals surface area contributed by atoms with Crippen molar-refractivity contribution in [3.05, 3.63) is 28.9 Å². The Balaban J connectivity index is 1.57. The number of benzene rings is 1. The number of rotatable bonds is 4. The number of aromatic nitrogens is 2. The highest BCUT2D eigenvalue weighted by molar-refractivity contribution is 7.93. The van der Waals surface area contributed by atoms with Crippen molar-refractivity contribution in [3.63, 3.8) is 0 Å². The van der Waals surface area contributed by atoms with E-state index in [1.165, 1.54) is 5.56 Å². The number of fused-ring (bicyclic) bond motifs is 4. The fraction of sp³-hybridized carbons (Fsp3) is 0.278.